The highest BCUT2D eigenvalue weighted by atomic mass is 16.5. The fourth-order valence-corrected chi connectivity index (χ4v) is 2.71. The second-order valence-electron chi connectivity index (χ2n) is 5.10. The third-order valence-electron chi connectivity index (χ3n) is 4.15. The molecular formula is C15H24N2O2. The van der Waals surface area contributed by atoms with Gasteiger partial charge in [-0.15, -0.1) is 0 Å². The molecule has 0 amide bonds. The fraction of sp³-hybridized carbons (Fsp3) is 0.600. The summed E-state index contributed by atoms with van der Waals surface area (Å²) in [6.45, 7) is 4.93. The number of hydrogen-bond acceptors (Lipinski definition) is 4. The summed E-state index contributed by atoms with van der Waals surface area (Å²) in [7, 11) is 3.81. The molecule has 106 valence electrons. The van der Waals surface area contributed by atoms with Gasteiger partial charge in [-0.25, -0.2) is 0 Å². The molecule has 1 heterocycles. The van der Waals surface area contributed by atoms with E-state index < -0.39 is 0 Å². The Bertz CT molecular complexity index is 436. The van der Waals surface area contributed by atoms with Gasteiger partial charge in [0.1, 0.15) is 5.75 Å². The fourth-order valence-electron chi connectivity index (χ4n) is 2.71. The number of nitrogens with two attached hydrogens (primary N) is 1. The van der Waals surface area contributed by atoms with Gasteiger partial charge in [0, 0.05) is 18.7 Å². The van der Waals surface area contributed by atoms with Crippen LogP contribution in [0.3, 0.4) is 0 Å². The largest absolute Gasteiger partial charge is 0.496 e. The number of aryl methyl sites for hydroxylation is 1. The van der Waals surface area contributed by atoms with Crippen molar-refractivity contribution in [2.45, 2.75) is 18.9 Å². The molecule has 1 unspecified atom stereocenters. The first-order valence-corrected chi connectivity index (χ1v) is 6.84. The predicted molar refractivity (Wildman–Crippen MR) is 76.6 cm³/mol. The van der Waals surface area contributed by atoms with Gasteiger partial charge in [0.05, 0.1) is 25.9 Å². The SMILES string of the molecule is CCc1ccc(OC)c(C2(CN)COCCN2C)c1. The molecular weight excluding hydrogens is 240 g/mol. The first-order valence-electron chi connectivity index (χ1n) is 6.84. The van der Waals surface area contributed by atoms with Crippen LogP contribution in [0.1, 0.15) is 18.1 Å². The molecule has 0 saturated carbocycles. The van der Waals surface area contributed by atoms with Crippen LogP contribution in [0.2, 0.25) is 0 Å². The van der Waals surface area contributed by atoms with E-state index in [1.807, 2.05) is 6.07 Å². The van der Waals surface area contributed by atoms with Crippen molar-refractivity contribution >= 4 is 0 Å². The number of rotatable bonds is 4. The number of hydrogen-bond donors (Lipinski definition) is 1. The topological polar surface area (TPSA) is 47.7 Å². The molecule has 0 aromatic heterocycles. The lowest BCUT2D eigenvalue weighted by Crippen LogP contribution is -2.57. The maximum atomic E-state index is 6.10. The van der Waals surface area contributed by atoms with Crippen molar-refractivity contribution in [2.24, 2.45) is 5.73 Å². The molecule has 0 radical (unpaired) electrons. The van der Waals surface area contributed by atoms with Crippen LogP contribution in [0.25, 0.3) is 0 Å². The highest BCUT2D eigenvalue weighted by Crippen LogP contribution is 2.36. The van der Waals surface area contributed by atoms with E-state index in [4.69, 9.17) is 15.2 Å². The number of likely N-dealkylation sites (N-methyl/N-ethyl adjacent to an activating group) is 1. The zero-order valence-electron chi connectivity index (χ0n) is 12.1. The summed E-state index contributed by atoms with van der Waals surface area (Å²) in [4.78, 5) is 2.29. The second-order valence-corrected chi connectivity index (χ2v) is 5.10. The highest BCUT2D eigenvalue weighted by Gasteiger charge is 2.40. The number of ether oxygens (including phenoxy) is 2. The third-order valence-corrected chi connectivity index (χ3v) is 4.15. The van der Waals surface area contributed by atoms with E-state index in [1.165, 1.54) is 5.56 Å². The van der Waals surface area contributed by atoms with Crippen molar-refractivity contribution in [1.82, 2.24) is 4.90 Å². The first-order chi connectivity index (χ1) is 9.17. The Balaban J connectivity index is 2.52. The van der Waals surface area contributed by atoms with Gasteiger partial charge in [0.15, 0.2) is 0 Å². The highest BCUT2D eigenvalue weighted by molar-refractivity contribution is 5.43. The maximum absolute atomic E-state index is 6.10. The molecule has 4 nitrogen and oxygen atoms in total. The number of nitrogens with zero attached hydrogens (tertiary/aromatic N) is 1. The Labute approximate surface area is 115 Å². The van der Waals surface area contributed by atoms with E-state index in [9.17, 15) is 0 Å². The lowest BCUT2D eigenvalue weighted by atomic mass is 9.86. The van der Waals surface area contributed by atoms with Crippen molar-refractivity contribution in [3.05, 3.63) is 29.3 Å². The van der Waals surface area contributed by atoms with E-state index in [2.05, 4.69) is 31.0 Å². The van der Waals surface area contributed by atoms with E-state index in [0.717, 1.165) is 30.9 Å². The number of benzene rings is 1. The molecule has 1 aromatic carbocycles. The van der Waals surface area contributed by atoms with Gasteiger partial charge in [-0.2, -0.15) is 0 Å². The lowest BCUT2D eigenvalue weighted by Gasteiger charge is -2.45. The van der Waals surface area contributed by atoms with E-state index in [-0.39, 0.29) is 5.54 Å². The second kappa shape index (κ2) is 5.90. The zero-order chi connectivity index (χ0) is 13.9. The summed E-state index contributed by atoms with van der Waals surface area (Å²) in [5.41, 5.74) is 8.25. The van der Waals surface area contributed by atoms with Gasteiger partial charge >= 0.3 is 0 Å². The number of morpholine rings is 1. The molecule has 1 saturated heterocycles. The van der Waals surface area contributed by atoms with Gasteiger partial charge in [-0.05, 0) is 25.1 Å². The monoisotopic (exact) mass is 264 g/mol. The average molecular weight is 264 g/mol. The Morgan fingerprint density at radius 1 is 1.47 bits per heavy atom. The minimum atomic E-state index is -0.283. The van der Waals surface area contributed by atoms with E-state index in [1.54, 1.807) is 7.11 Å². The van der Waals surface area contributed by atoms with Crippen molar-refractivity contribution in [2.75, 3.05) is 40.5 Å². The summed E-state index contributed by atoms with van der Waals surface area (Å²) in [6, 6.07) is 6.35. The van der Waals surface area contributed by atoms with Crippen molar-refractivity contribution < 1.29 is 9.47 Å². The zero-order valence-corrected chi connectivity index (χ0v) is 12.1. The van der Waals surface area contributed by atoms with Crippen LogP contribution < -0.4 is 10.5 Å². The van der Waals surface area contributed by atoms with E-state index >= 15 is 0 Å². The van der Waals surface area contributed by atoms with Gasteiger partial charge < -0.3 is 15.2 Å². The Morgan fingerprint density at radius 3 is 2.84 bits per heavy atom. The minimum Gasteiger partial charge on any atom is -0.496 e. The van der Waals surface area contributed by atoms with Crippen molar-refractivity contribution in [3.8, 4) is 5.75 Å². The standard InChI is InChI=1S/C15H24N2O2/c1-4-12-5-6-14(18-3)13(9-12)15(10-16)11-19-8-7-17(15)2/h5-6,9H,4,7-8,10-11,16H2,1-3H3. The Hall–Kier alpha value is -1.10. The molecule has 2 N–H and O–H groups in total. The Kier molecular flexibility index (Phi) is 4.45. The molecule has 4 heteroatoms. The van der Waals surface area contributed by atoms with Crippen LogP contribution in [0, 0.1) is 0 Å². The molecule has 1 aliphatic rings. The van der Waals surface area contributed by atoms with Crippen LogP contribution in [0.15, 0.2) is 18.2 Å². The van der Waals surface area contributed by atoms with Crippen LogP contribution in [-0.4, -0.2) is 45.4 Å². The quantitative estimate of drug-likeness (QED) is 0.892. The van der Waals surface area contributed by atoms with Crippen LogP contribution >= 0.6 is 0 Å². The molecule has 0 aliphatic carbocycles. The van der Waals surface area contributed by atoms with Gasteiger partial charge in [0.2, 0.25) is 0 Å². The molecule has 1 fully saturated rings. The van der Waals surface area contributed by atoms with E-state index in [0.29, 0.717) is 13.2 Å². The predicted octanol–water partition coefficient (Wildman–Crippen LogP) is 1.37. The molecule has 1 aromatic rings. The molecule has 2 rings (SSSR count). The van der Waals surface area contributed by atoms with Crippen molar-refractivity contribution in [1.29, 1.82) is 0 Å². The molecule has 1 aliphatic heterocycles. The van der Waals surface area contributed by atoms with Crippen LogP contribution in [0.4, 0.5) is 0 Å². The third kappa shape index (κ3) is 2.48. The molecule has 19 heavy (non-hydrogen) atoms. The van der Waals surface area contributed by atoms with Gasteiger partial charge in [-0.3, -0.25) is 4.90 Å². The Morgan fingerprint density at radius 2 is 2.26 bits per heavy atom. The normalized spacial score (nSPS) is 24.4. The molecule has 0 spiro atoms. The van der Waals surface area contributed by atoms with Crippen molar-refractivity contribution in [3.63, 3.8) is 0 Å². The maximum Gasteiger partial charge on any atom is 0.124 e. The van der Waals surface area contributed by atoms with Gasteiger partial charge in [-0.1, -0.05) is 19.1 Å². The lowest BCUT2D eigenvalue weighted by molar-refractivity contribution is -0.0558. The molecule has 1 atom stereocenters. The summed E-state index contributed by atoms with van der Waals surface area (Å²) in [5.74, 6) is 0.889. The summed E-state index contributed by atoms with van der Waals surface area (Å²) in [5, 5.41) is 0. The number of methoxy groups -OCH3 is 1. The summed E-state index contributed by atoms with van der Waals surface area (Å²) < 4.78 is 11.2. The van der Waals surface area contributed by atoms with Gasteiger partial charge in [0.25, 0.3) is 0 Å². The minimum absolute atomic E-state index is 0.283. The average Bonchev–Trinajstić information content (AvgIpc) is 2.47. The smallest absolute Gasteiger partial charge is 0.124 e. The van der Waals surface area contributed by atoms with Crippen LogP contribution in [-0.2, 0) is 16.7 Å². The summed E-state index contributed by atoms with van der Waals surface area (Å²) >= 11 is 0. The molecule has 0 bridgehead atoms. The summed E-state index contributed by atoms with van der Waals surface area (Å²) in [6.07, 6.45) is 1.00. The van der Waals surface area contributed by atoms with Crippen LogP contribution in [0.5, 0.6) is 5.75 Å². The first kappa shape index (κ1) is 14.3.